The van der Waals surface area contributed by atoms with Crippen molar-refractivity contribution in [2.24, 2.45) is 7.05 Å². The summed E-state index contributed by atoms with van der Waals surface area (Å²) in [5.41, 5.74) is 0.988. The third kappa shape index (κ3) is 2.60. The SMILES string of the molecule is CC(C)S(=O)(=O)N(C)Cc1cccn1C. The van der Waals surface area contributed by atoms with Gasteiger partial charge in [-0.15, -0.1) is 0 Å². The Labute approximate surface area is 91.6 Å². The van der Waals surface area contributed by atoms with Crippen molar-refractivity contribution in [3.63, 3.8) is 0 Å². The van der Waals surface area contributed by atoms with Crippen LogP contribution < -0.4 is 0 Å². The fraction of sp³-hybridized carbons (Fsp3) is 0.600. The fourth-order valence-electron chi connectivity index (χ4n) is 1.34. The van der Waals surface area contributed by atoms with Crippen molar-refractivity contribution < 1.29 is 8.42 Å². The van der Waals surface area contributed by atoms with Gasteiger partial charge in [-0.05, 0) is 26.0 Å². The first-order valence-corrected chi connectivity index (χ1v) is 6.41. The molecule has 0 N–H and O–H groups in total. The van der Waals surface area contributed by atoms with Crippen LogP contribution in [-0.4, -0.2) is 29.6 Å². The first kappa shape index (κ1) is 12.3. The van der Waals surface area contributed by atoms with Crippen molar-refractivity contribution in [3.8, 4) is 0 Å². The average Bonchev–Trinajstić information content (AvgIpc) is 2.51. The summed E-state index contributed by atoms with van der Waals surface area (Å²) in [5.74, 6) is 0. The van der Waals surface area contributed by atoms with E-state index in [0.717, 1.165) is 5.69 Å². The molecular weight excluding hydrogens is 212 g/mol. The quantitative estimate of drug-likeness (QED) is 0.780. The summed E-state index contributed by atoms with van der Waals surface area (Å²) in [6.45, 7) is 3.80. The van der Waals surface area contributed by atoms with Crippen LogP contribution in [0.5, 0.6) is 0 Å². The van der Waals surface area contributed by atoms with E-state index in [1.807, 2.05) is 29.9 Å². The zero-order chi connectivity index (χ0) is 11.6. The van der Waals surface area contributed by atoms with Gasteiger partial charge in [-0.2, -0.15) is 4.31 Å². The van der Waals surface area contributed by atoms with E-state index in [1.165, 1.54) is 4.31 Å². The van der Waals surface area contributed by atoms with Gasteiger partial charge in [0.15, 0.2) is 0 Å². The van der Waals surface area contributed by atoms with E-state index in [-0.39, 0.29) is 5.25 Å². The number of sulfonamides is 1. The lowest BCUT2D eigenvalue weighted by Crippen LogP contribution is -2.33. The number of aryl methyl sites for hydroxylation is 1. The van der Waals surface area contributed by atoms with E-state index in [2.05, 4.69) is 0 Å². The third-order valence-electron chi connectivity index (χ3n) is 2.47. The highest BCUT2D eigenvalue weighted by Gasteiger charge is 2.22. The molecule has 4 nitrogen and oxygen atoms in total. The van der Waals surface area contributed by atoms with Gasteiger partial charge >= 0.3 is 0 Å². The molecule has 1 aromatic heterocycles. The summed E-state index contributed by atoms with van der Waals surface area (Å²) in [4.78, 5) is 0. The van der Waals surface area contributed by atoms with Gasteiger partial charge in [-0.1, -0.05) is 0 Å². The summed E-state index contributed by atoms with van der Waals surface area (Å²) < 4.78 is 26.9. The van der Waals surface area contributed by atoms with Crippen molar-refractivity contribution in [3.05, 3.63) is 24.0 Å². The molecule has 0 spiro atoms. The molecule has 0 amide bonds. The lowest BCUT2D eigenvalue weighted by molar-refractivity contribution is 0.450. The molecule has 0 aliphatic carbocycles. The van der Waals surface area contributed by atoms with Crippen molar-refractivity contribution in [1.29, 1.82) is 0 Å². The Balaban J connectivity index is 2.81. The maximum Gasteiger partial charge on any atom is 0.216 e. The first-order valence-electron chi connectivity index (χ1n) is 4.91. The van der Waals surface area contributed by atoms with E-state index in [1.54, 1.807) is 20.9 Å². The molecular formula is C10H18N2O2S. The zero-order valence-corrected chi connectivity index (χ0v) is 10.5. The molecule has 0 aliphatic heterocycles. The van der Waals surface area contributed by atoms with Gasteiger partial charge in [-0.3, -0.25) is 0 Å². The molecule has 0 atom stereocenters. The van der Waals surface area contributed by atoms with Crippen LogP contribution in [0, 0.1) is 0 Å². The predicted octanol–water partition coefficient (Wildman–Crippen LogP) is 1.20. The van der Waals surface area contributed by atoms with Crippen LogP contribution in [-0.2, 0) is 23.6 Å². The number of hydrogen-bond donors (Lipinski definition) is 0. The van der Waals surface area contributed by atoms with E-state index >= 15 is 0 Å². The molecule has 86 valence electrons. The van der Waals surface area contributed by atoms with Gasteiger partial charge in [0.25, 0.3) is 0 Å². The fourth-order valence-corrected chi connectivity index (χ4v) is 2.37. The molecule has 0 aromatic carbocycles. The molecule has 1 aromatic rings. The van der Waals surface area contributed by atoms with Crippen LogP contribution in [0.25, 0.3) is 0 Å². The maximum atomic E-state index is 11.8. The number of rotatable bonds is 4. The van der Waals surface area contributed by atoms with Crippen molar-refractivity contribution in [2.45, 2.75) is 25.6 Å². The summed E-state index contributed by atoms with van der Waals surface area (Å²) in [5, 5.41) is -0.372. The number of aromatic nitrogens is 1. The zero-order valence-electron chi connectivity index (χ0n) is 9.64. The summed E-state index contributed by atoms with van der Waals surface area (Å²) in [6, 6.07) is 3.83. The molecule has 5 heteroatoms. The molecule has 0 unspecified atom stereocenters. The molecule has 0 fully saturated rings. The predicted molar refractivity (Wildman–Crippen MR) is 60.9 cm³/mol. The van der Waals surface area contributed by atoms with Crippen molar-refractivity contribution in [2.75, 3.05) is 7.05 Å². The van der Waals surface area contributed by atoms with Crippen LogP contribution in [0.2, 0.25) is 0 Å². The van der Waals surface area contributed by atoms with Crippen LogP contribution in [0.3, 0.4) is 0 Å². The largest absolute Gasteiger partial charge is 0.353 e. The van der Waals surface area contributed by atoms with E-state index in [9.17, 15) is 8.42 Å². The normalized spacial score (nSPS) is 12.7. The van der Waals surface area contributed by atoms with E-state index in [4.69, 9.17) is 0 Å². The minimum atomic E-state index is -3.15. The lowest BCUT2D eigenvalue weighted by atomic mass is 10.4. The summed E-state index contributed by atoms with van der Waals surface area (Å²) >= 11 is 0. The number of nitrogens with zero attached hydrogens (tertiary/aromatic N) is 2. The first-order chi connectivity index (χ1) is 6.85. The highest BCUT2D eigenvalue weighted by Crippen LogP contribution is 2.11. The van der Waals surface area contributed by atoms with Crippen molar-refractivity contribution >= 4 is 10.0 Å². The van der Waals surface area contributed by atoms with Crippen molar-refractivity contribution in [1.82, 2.24) is 8.87 Å². The Morgan fingerprint density at radius 2 is 2.07 bits per heavy atom. The minimum Gasteiger partial charge on any atom is -0.353 e. The van der Waals surface area contributed by atoms with Gasteiger partial charge in [0, 0.05) is 26.0 Å². The molecule has 1 rings (SSSR count). The van der Waals surface area contributed by atoms with Crippen LogP contribution in [0.15, 0.2) is 18.3 Å². The summed E-state index contributed by atoms with van der Waals surface area (Å²) in [7, 11) is 0.372. The molecule has 0 saturated heterocycles. The molecule has 1 heterocycles. The second-order valence-electron chi connectivity index (χ2n) is 3.96. The molecule has 0 aliphatic rings. The Morgan fingerprint density at radius 1 is 1.47 bits per heavy atom. The van der Waals surface area contributed by atoms with Gasteiger partial charge < -0.3 is 4.57 Å². The Bertz CT molecular complexity index is 420. The molecule has 0 saturated carbocycles. The third-order valence-corrected chi connectivity index (χ3v) is 4.66. The Kier molecular flexibility index (Phi) is 3.57. The lowest BCUT2D eigenvalue weighted by Gasteiger charge is -2.19. The topological polar surface area (TPSA) is 42.3 Å². The van der Waals surface area contributed by atoms with Crippen LogP contribution in [0.1, 0.15) is 19.5 Å². The van der Waals surface area contributed by atoms with Crippen LogP contribution >= 0.6 is 0 Å². The Morgan fingerprint density at radius 3 is 2.47 bits per heavy atom. The molecule has 15 heavy (non-hydrogen) atoms. The maximum absolute atomic E-state index is 11.8. The van der Waals surface area contributed by atoms with Gasteiger partial charge in [0.2, 0.25) is 10.0 Å². The van der Waals surface area contributed by atoms with Gasteiger partial charge in [-0.25, -0.2) is 8.42 Å². The highest BCUT2D eigenvalue weighted by molar-refractivity contribution is 7.89. The van der Waals surface area contributed by atoms with Crippen LogP contribution in [0.4, 0.5) is 0 Å². The summed E-state index contributed by atoms with van der Waals surface area (Å²) in [6.07, 6.45) is 1.91. The van der Waals surface area contributed by atoms with E-state index < -0.39 is 10.0 Å². The second kappa shape index (κ2) is 4.37. The second-order valence-corrected chi connectivity index (χ2v) is 6.56. The number of hydrogen-bond acceptors (Lipinski definition) is 2. The molecule has 0 bridgehead atoms. The standard InChI is InChI=1S/C10H18N2O2S/c1-9(2)15(13,14)12(4)8-10-6-5-7-11(10)3/h5-7,9H,8H2,1-4H3. The smallest absolute Gasteiger partial charge is 0.216 e. The highest BCUT2D eigenvalue weighted by atomic mass is 32.2. The average molecular weight is 230 g/mol. The monoisotopic (exact) mass is 230 g/mol. The van der Waals surface area contributed by atoms with E-state index in [0.29, 0.717) is 6.54 Å². The Hall–Kier alpha value is -0.810. The van der Waals surface area contributed by atoms with Gasteiger partial charge in [0.1, 0.15) is 0 Å². The molecule has 0 radical (unpaired) electrons. The van der Waals surface area contributed by atoms with Gasteiger partial charge in [0.05, 0.1) is 11.8 Å². The minimum absolute atomic E-state index is 0.372.